The van der Waals surface area contributed by atoms with Crippen LogP contribution in [0.15, 0.2) is 30.3 Å². The van der Waals surface area contributed by atoms with Crippen LogP contribution in [0.5, 0.6) is 0 Å². The van der Waals surface area contributed by atoms with E-state index in [2.05, 4.69) is 10.2 Å². The lowest BCUT2D eigenvalue weighted by atomic mass is 9.68. The van der Waals surface area contributed by atoms with Gasteiger partial charge < -0.3 is 16.0 Å². The standard InChI is InChI=1S/C22H32N3O2/c1-22(21(23)27,16-25-13-5-6-14-25)18-9-11-19(12-10-18)24-20(26)15-17-7-3-2-4-8-17/h2-4,7-8,15,18-19H,5-6,9-14,16H2,1H3,(H2,23,27)(H,24,26). The number of benzene rings is 1. The number of nitrogens with two attached hydrogens (primary N) is 1. The second-order valence-electron chi connectivity index (χ2n) is 8.38. The lowest BCUT2D eigenvalue weighted by Crippen LogP contribution is -2.50. The molecule has 5 heteroatoms. The molecule has 1 saturated heterocycles. The Balaban J connectivity index is 1.50. The summed E-state index contributed by atoms with van der Waals surface area (Å²) in [6.07, 6.45) is 7.75. The molecule has 27 heavy (non-hydrogen) atoms. The zero-order valence-corrected chi connectivity index (χ0v) is 16.3. The third-order valence-electron chi connectivity index (χ3n) is 6.39. The summed E-state index contributed by atoms with van der Waals surface area (Å²) in [7, 11) is 0. The average molecular weight is 371 g/mol. The number of carbonyl (C=O) groups is 2. The highest BCUT2D eigenvalue weighted by molar-refractivity contribution is 5.88. The van der Waals surface area contributed by atoms with E-state index in [1.165, 1.54) is 12.8 Å². The Morgan fingerprint density at radius 1 is 1.15 bits per heavy atom. The Labute approximate surface area is 162 Å². The summed E-state index contributed by atoms with van der Waals surface area (Å²) < 4.78 is 0. The quantitative estimate of drug-likeness (QED) is 0.774. The summed E-state index contributed by atoms with van der Waals surface area (Å²) in [6.45, 7) is 4.96. The summed E-state index contributed by atoms with van der Waals surface area (Å²) in [4.78, 5) is 26.9. The van der Waals surface area contributed by atoms with Crippen LogP contribution in [0.25, 0.3) is 0 Å². The van der Waals surface area contributed by atoms with Gasteiger partial charge in [-0.15, -0.1) is 0 Å². The zero-order valence-electron chi connectivity index (χ0n) is 16.3. The maximum atomic E-state index is 12.3. The molecule has 5 nitrogen and oxygen atoms in total. The molecule has 1 saturated carbocycles. The van der Waals surface area contributed by atoms with Gasteiger partial charge in [-0.25, -0.2) is 0 Å². The minimum Gasteiger partial charge on any atom is -0.369 e. The van der Waals surface area contributed by atoms with E-state index in [-0.39, 0.29) is 17.9 Å². The Morgan fingerprint density at radius 3 is 2.37 bits per heavy atom. The number of hydrogen-bond donors (Lipinski definition) is 2. The van der Waals surface area contributed by atoms with Crippen molar-refractivity contribution in [2.45, 2.75) is 51.5 Å². The highest BCUT2D eigenvalue weighted by atomic mass is 16.2. The van der Waals surface area contributed by atoms with Crippen LogP contribution < -0.4 is 11.1 Å². The van der Waals surface area contributed by atoms with Gasteiger partial charge in [0.05, 0.1) is 11.8 Å². The number of nitrogens with zero attached hydrogens (tertiary/aromatic N) is 1. The van der Waals surface area contributed by atoms with Crippen molar-refractivity contribution >= 4 is 11.8 Å². The molecule has 1 aliphatic carbocycles. The topological polar surface area (TPSA) is 75.4 Å². The van der Waals surface area contributed by atoms with Crippen molar-refractivity contribution in [1.29, 1.82) is 0 Å². The van der Waals surface area contributed by atoms with E-state index in [0.29, 0.717) is 5.92 Å². The summed E-state index contributed by atoms with van der Waals surface area (Å²) in [6, 6.07) is 9.82. The molecule has 3 rings (SSSR count). The van der Waals surface area contributed by atoms with Crippen LogP contribution in [0.2, 0.25) is 0 Å². The first-order valence-electron chi connectivity index (χ1n) is 10.2. The predicted octanol–water partition coefficient (Wildman–Crippen LogP) is 2.50. The van der Waals surface area contributed by atoms with Crippen molar-refractivity contribution in [2.24, 2.45) is 17.1 Å². The van der Waals surface area contributed by atoms with Crippen LogP contribution in [0.4, 0.5) is 0 Å². The van der Waals surface area contributed by atoms with Gasteiger partial charge in [-0.3, -0.25) is 9.59 Å². The Morgan fingerprint density at radius 2 is 1.78 bits per heavy atom. The van der Waals surface area contributed by atoms with E-state index in [0.717, 1.165) is 50.9 Å². The SMILES string of the molecule is CC(CN1CCCC1)(C(N)=O)C1CCC(NC(=O)[CH]c2ccccc2)CC1. The van der Waals surface area contributed by atoms with Crippen molar-refractivity contribution in [3.8, 4) is 0 Å². The van der Waals surface area contributed by atoms with E-state index in [9.17, 15) is 9.59 Å². The van der Waals surface area contributed by atoms with Gasteiger partial charge >= 0.3 is 0 Å². The first-order chi connectivity index (χ1) is 13.0. The molecule has 1 atom stereocenters. The van der Waals surface area contributed by atoms with Crippen molar-refractivity contribution in [2.75, 3.05) is 19.6 Å². The Hall–Kier alpha value is -1.88. The molecule has 0 aromatic heterocycles. The smallest absolute Gasteiger partial charge is 0.228 e. The number of primary amides is 1. The second kappa shape index (κ2) is 8.87. The largest absolute Gasteiger partial charge is 0.369 e. The fourth-order valence-corrected chi connectivity index (χ4v) is 4.63. The molecular weight excluding hydrogens is 338 g/mol. The van der Waals surface area contributed by atoms with Gasteiger partial charge in [0.15, 0.2) is 0 Å². The molecule has 1 aromatic rings. The van der Waals surface area contributed by atoms with Crippen LogP contribution in [-0.2, 0) is 9.59 Å². The third-order valence-corrected chi connectivity index (χ3v) is 6.39. The van der Waals surface area contributed by atoms with Gasteiger partial charge in [-0.2, -0.15) is 0 Å². The number of carbonyl (C=O) groups excluding carboxylic acids is 2. The molecule has 1 radical (unpaired) electrons. The molecule has 1 aromatic carbocycles. The maximum absolute atomic E-state index is 12.3. The summed E-state index contributed by atoms with van der Waals surface area (Å²) >= 11 is 0. The number of amides is 2. The molecule has 1 unspecified atom stereocenters. The van der Waals surface area contributed by atoms with Gasteiger partial charge in [0.1, 0.15) is 0 Å². The van der Waals surface area contributed by atoms with Gasteiger partial charge in [-0.1, -0.05) is 30.3 Å². The molecular formula is C22H32N3O2. The predicted molar refractivity (Wildman–Crippen MR) is 107 cm³/mol. The summed E-state index contributed by atoms with van der Waals surface area (Å²) in [5.74, 6) is 0.0699. The molecule has 3 N–H and O–H groups in total. The Bertz CT molecular complexity index is 634. The lowest BCUT2D eigenvalue weighted by Gasteiger charge is -2.41. The van der Waals surface area contributed by atoms with Gasteiger partial charge in [0.2, 0.25) is 11.8 Å². The van der Waals surface area contributed by atoms with Crippen LogP contribution in [-0.4, -0.2) is 42.4 Å². The molecule has 1 heterocycles. The van der Waals surface area contributed by atoms with Crippen molar-refractivity contribution < 1.29 is 9.59 Å². The van der Waals surface area contributed by atoms with Crippen LogP contribution in [0, 0.1) is 17.8 Å². The van der Waals surface area contributed by atoms with Gasteiger partial charge in [0, 0.05) is 12.6 Å². The molecule has 0 bridgehead atoms. The van der Waals surface area contributed by atoms with Crippen molar-refractivity contribution in [1.82, 2.24) is 10.2 Å². The van der Waals surface area contributed by atoms with E-state index in [4.69, 9.17) is 5.73 Å². The highest BCUT2D eigenvalue weighted by Crippen LogP contribution is 2.39. The minimum atomic E-state index is -0.477. The maximum Gasteiger partial charge on any atom is 0.228 e. The molecule has 0 spiro atoms. The van der Waals surface area contributed by atoms with Crippen LogP contribution >= 0.6 is 0 Å². The molecule has 147 valence electrons. The first-order valence-corrected chi connectivity index (χ1v) is 10.2. The zero-order chi connectivity index (χ0) is 19.3. The minimum absolute atomic E-state index is 0.0422. The first kappa shape index (κ1) is 19.9. The molecule has 2 fully saturated rings. The van der Waals surface area contributed by atoms with E-state index in [1.54, 1.807) is 6.42 Å². The monoisotopic (exact) mass is 370 g/mol. The van der Waals surface area contributed by atoms with E-state index < -0.39 is 5.41 Å². The number of rotatable bonds is 7. The summed E-state index contributed by atoms with van der Waals surface area (Å²) in [5.41, 5.74) is 6.28. The van der Waals surface area contributed by atoms with E-state index in [1.807, 2.05) is 37.3 Å². The van der Waals surface area contributed by atoms with Gasteiger partial charge in [-0.05, 0) is 70.0 Å². The molecule has 2 amide bonds. The van der Waals surface area contributed by atoms with E-state index >= 15 is 0 Å². The van der Waals surface area contributed by atoms with Crippen LogP contribution in [0.3, 0.4) is 0 Å². The number of nitrogens with one attached hydrogen (secondary N) is 1. The fraction of sp³-hybridized carbons (Fsp3) is 0.591. The Kier molecular flexibility index (Phi) is 6.53. The van der Waals surface area contributed by atoms with Crippen LogP contribution in [0.1, 0.15) is 51.0 Å². The summed E-state index contributed by atoms with van der Waals surface area (Å²) in [5, 5.41) is 3.12. The lowest BCUT2D eigenvalue weighted by molar-refractivity contribution is -0.132. The molecule has 2 aliphatic rings. The number of hydrogen-bond acceptors (Lipinski definition) is 3. The average Bonchev–Trinajstić information content (AvgIpc) is 3.15. The number of likely N-dealkylation sites (tertiary alicyclic amines) is 1. The highest BCUT2D eigenvalue weighted by Gasteiger charge is 2.43. The van der Waals surface area contributed by atoms with Crippen molar-refractivity contribution in [3.05, 3.63) is 42.3 Å². The third kappa shape index (κ3) is 5.10. The fourth-order valence-electron chi connectivity index (χ4n) is 4.63. The van der Waals surface area contributed by atoms with Crippen molar-refractivity contribution in [3.63, 3.8) is 0 Å². The second-order valence-corrected chi connectivity index (χ2v) is 8.38. The normalized spacial score (nSPS) is 25.7. The molecule has 1 aliphatic heterocycles. The van der Waals surface area contributed by atoms with Gasteiger partial charge in [0.25, 0.3) is 0 Å².